The van der Waals surface area contributed by atoms with E-state index in [1.54, 1.807) is 0 Å². The van der Waals surface area contributed by atoms with Gasteiger partial charge in [0.25, 0.3) is 0 Å². The van der Waals surface area contributed by atoms with Crippen LogP contribution in [0, 0.1) is 0 Å². The molecule has 0 aliphatic carbocycles. The summed E-state index contributed by atoms with van der Waals surface area (Å²) in [7, 11) is 0. The fourth-order valence-corrected chi connectivity index (χ4v) is 2.18. The summed E-state index contributed by atoms with van der Waals surface area (Å²) in [6.45, 7) is -0.388. The second kappa shape index (κ2) is 5.10. The van der Waals surface area contributed by atoms with Gasteiger partial charge in [-0.05, 0) is 5.53 Å². The van der Waals surface area contributed by atoms with Crippen molar-refractivity contribution in [3.05, 3.63) is 10.4 Å². The van der Waals surface area contributed by atoms with Gasteiger partial charge in [0, 0.05) is 4.91 Å². The lowest BCUT2D eigenvalue weighted by atomic mass is 9.99. The normalized spacial score (nSPS) is 43.0. The fraction of sp³-hybridized carbons (Fsp3) is 1.00. The van der Waals surface area contributed by atoms with Gasteiger partial charge >= 0.3 is 0 Å². The largest absolute Gasteiger partial charge is 0.394 e. The lowest BCUT2D eigenvalue weighted by molar-refractivity contribution is -0.161. The molecule has 8 heteroatoms. The topological polar surface area (TPSA) is 119 Å². The molecule has 1 fully saturated rings. The van der Waals surface area contributed by atoms with Crippen molar-refractivity contribution in [2.75, 3.05) is 6.61 Å². The summed E-state index contributed by atoms with van der Waals surface area (Å²) in [5.41, 5.74) is 8.22. The minimum Gasteiger partial charge on any atom is -0.394 e. The number of aliphatic hydroxyl groups excluding tert-OH is 3. The van der Waals surface area contributed by atoms with Crippen LogP contribution in [0.2, 0.25) is 0 Å². The number of nitrogens with zero attached hydrogens (tertiary/aromatic N) is 3. The van der Waals surface area contributed by atoms with E-state index in [9.17, 15) is 10.2 Å². The molecule has 0 aromatic carbocycles. The molecule has 0 radical (unpaired) electrons. The molecule has 80 valence electrons. The van der Waals surface area contributed by atoms with Crippen LogP contribution in [0.25, 0.3) is 10.4 Å². The molecule has 7 nitrogen and oxygen atoms in total. The van der Waals surface area contributed by atoms with Crippen LogP contribution >= 0.6 is 22.6 Å². The van der Waals surface area contributed by atoms with Crippen LogP contribution in [-0.4, -0.2) is 50.4 Å². The Hall–Kier alpha value is -0.120. The Balaban J connectivity index is 2.78. The van der Waals surface area contributed by atoms with Gasteiger partial charge in [-0.3, -0.25) is 0 Å². The minimum atomic E-state index is -1.23. The molecule has 0 aromatic rings. The van der Waals surface area contributed by atoms with E-state index in [0.29, 0.717) is 0 Å². The number of halogens is 1. The van der Waals surface area contributed by atoms with Crippen molar-refractivity contribution in [2.24, 2.45) is 5.11 Å². The summed E-state index contributed by atoms with van der Waals surface area (Å²) in [6, 6.07) is -0.835. The molecular formula is C6H10IN3O4. The SMILES string of the molecule is [N-]=[N+]=NC1[C@@H](O)[C@H](O)C(CO)O[C@@H]1I. The quantitative estimate of drug-likeness (QED) is 0.210. The Bertz CT molecular complexity index is 247. The van der Waals surface area contributed by atoms with Crippen LogP contribution in [0.1, 0.15) is 0 Å². The standard InChI is InChI=1S/C6H10IN3O4/c7-6-3(9-10-8)5(13)4(12)2(1-11)14-6/h2-6,11-13H,1H2/t2?,3?,4-,5-,6+/m1/s1. The van der Waals surface area contributed by atoms with E-state index in [1.165, 1.54) is 0 Å². The van der Waals surface area contributed by atoms with E-state index >= 15 is 0 Å². The van der Waals surface area contributed by atoms with E-state index in [2.05, 4.69) is 10.0 Å². The van der Waals surface area contributed by atoms with E-state index in [-0.39, 0.29) is 6.61 Å². The predicted molar refractivity (Wildman–Crippen MR) is 54.7 cm³/mol. The zero-order valence-electron chi connectivity index (χ0n) is 7.06. The van der Waals surface area contributed by atoms with Gasteiger partial charge < -0.3 is 20.1 Å². The molecule has 0 bridgehead atoms. The third-order valence-corrected chi connectivity index (χ3v) is 3.05. The third-order valence-electron chi connectivity index (χ3n) is 2.02. The first-order valence-corrected chi connectivity index (χ1v) is 5.17. The molecule has 2 unspecified atom stereocenters. The molecule has 1 heterocycles. The van der Waals surface area contributed by atoms with Crippen molar-refractivity contribution in [2.45, 2.75) is 28.5 Å². The highest BCUT2D eigenvalue weighted by Gasteiger charge is 2.42. The van der Waals surface area contributed by atoms with E-state index in [4.69, 9.17) is 15.4 Å². The van der Waals surface area contributed by atoms with Crippen molar-refractivity contribution in [3.8, 4) is 0 Å². The maximum atomic E-state index is 9.53. The Morgan fingerprint density at radius 2 is 2.07 bits per heavy atom. The highest BCUT2D eigenvalue weighted by molar-refractivity contribution is 14.1. The highest BCUT2D eigenvalue weighted by Crippen LogP contribution is 2.27. The molecule has 5 atom stereocenters. The number of hydrogen-bond donors (Lipinski definition) is 3. The van der Waals surface area contributed by atoms with E-state index < -0.39 is 28.5 Å². The van der Waals surface area contributed by atoms with Crippen molar-refractivity contribution < 1.29 is 20.1 Å². The first-order chi connectivity index (χ1) is 6.61. The molecule has 14 heavy (non-hydrogen) atoms. The van der Waals surface area contributed by atoms with Crippen molar-refractivity contribution in [1.82, 2.24) is 0 Å². The summed E-state index contributed by atoms with van der Waals surface area (Å²) in [5.74, 6) is 0. The summed E-state index contributed by atoms with van der Waals surface area (Å²) in [6.07, 6.45) is -3.28. The molecule has 0 saturated carbocycles. The number of hydrogen-bond acceptors (Lipinski definition) is 5. The second-order valence-electron chi connectivity index (χ2n) is 2.88. The Kier molecular flexibility index (Phi) is 4.35. The Labute approximate surface area is 93.4 Å². The van der Waals surface area contributed by atoms with Crippen molar-refractivity contribution in [3.63, 3.8) is 0 Å². The van der Waals surface area contributed by atoms with E-state index in [1.807, 2.05) is 22.6 Å². The summed E-state index contributed by atoms with van der Waals surface area (Å²) in [4.78, 5) is 2.55. The zero-order chi connectivity index (χ0) is 10.7. The molecule has 3 N–H and O–H groups in total. The molecule has 0 aromatic heterocycles. The van der Waals surface area contributed by atoms with Gasteiger partial charge in [-0.25, -0.2) is 0 Å². The maximum absolute atomic E-state index is 9.53. The summed E-state index contributed by atoms with van der Waals surface area (Å²) >= 11 is 1.84. The molecule has 1 aliphatic heterocycles. The lowest BCUT2D eigenvalue weighted by Gasteiger charge is -2.38. The average Bonchev–Trinajstić information content (AvgIpc) is 2.18. The van der Waals surface area contributed by atoms with Crippen LogP contribution in [0.3, 0.4) is 0 Å². The van der Waals surface area contributed by atoms with Crippen LogP contribution < -0.4 is 0 Å². The zero-order valence-corrected chi connectivity index (χ0v) is 9.22. The lowest BCUT2D eigenvalue weighted by Crippen LogP contribution is -2.55. The first kappa shape index (κ1) is 12.0. The molecular weight excluding hydrogens is 305 g/mol. The Morgan fingerprint density at radius 3 is 2.57 bits per heavy atom. The molecule has 1 rings (SSSR count). The van der Waals surface area contributed by atoms with Gasteiger partial charge in [-0.15, -0.1) is 0 Å². The van der Waals surface area contributed by atoms with Crippen LogP contribution in [0.15, 0.2) is 5.11 Å². The fourth-order valence-electron chi connectivity index (χ4n) is 1.24. The number of ether oxygens (including phenoxy) is 1. The van der Waals surface area contributed by atoms with Gasteiger partial charge in [-0.1, -0.05) is 27.7 Å². The number of azide groups is 1. The van der Waals surface area contributed by atoms with Gasteiger partial charge in [0.2, 0.25) is 0 Å². The van der Waals surface area contributed by atoms with Gasteiger partial charge in [0.1, 0.15) is 22.4 Å². The van der Waals surface area contributed by atoms with E-state index in [0.717, 1.165) is 0 Å². The molecule has 1 aliphatic rings. The molecule has 1 saturated heterocycles. The Morgan fingerprint density at radius 1 is 1.43 bits per heavy atom. The van der Waals surface area contributed by atoms with Crippen LogP contribution in [-0.2, 0) is 4.74 Å². The molecule has 0 spiro atoms. The van der Waals surface area contributed by atoms with Crippen LogP contribution in [0.5, 0.6) is 0 Å². The van der Waals surface area contributed by atoms with Gasteiger partial charge in [0.15, 0.2) is 0 Å². The smallest absolute Gasteiger partial charge is 0.120 e. The summed E-state index contributed by atoms with van der Waals surface area (Å²) < 4.78 is 4.59. The monoisotopic (exact) mass is 315 g/mol. The maximum Gasteiger partial charge on any atom is 0.120 e. The second-order valence-corrected chi connectivity index (χ2v) is 4.11. The van der Waals surface area contributed by atoms with Crippen LogP contribution in [0.4, 0.5) is 0 Å². The number of rotatable bonds is 2. The first-order valence-electron chi connectivity index (χ1n) is 3.92. The number of alkyl halides is 1. The third kappa shape index (κ3) is 2.27. The van der Waals surface area contributed by atoms with Gasteiger partial charge in [0.05, 0.1) is 12.7 Å². The minimum absolute atomic E-state index is 0.388. The van der Waals surface area contributed by atoms with Crippen molar-refractivity contribution in [1.29, 1.82) is 0 Å². The van der Waals surface area contributed by atoms with Gasteiger partial charge in [-0.2, -0.15) is 0 Å². The number of aliphatic hydroxyl groups is 3. The summed E-state index contributed by atoms with van der Waals surface area (Å²) in [5, 5.41) is 31.1. The highest BCUT2D eigenvalue weighted by atomic mass is 127. The predicted octanol–water partition coefficient (Wildman–Crippen LogP) is -0.461. The van der Waals surface area contributed by atoms with Crippen molar-refractivity contribution >= 4 is 22.6 Å². The average molecular weight is 315 g/mol. The molecule has 0 amide bonds.